The van der Waals surface area contributed by atoms with Gasteiger partial charge in [-0.1, -0.05) is 0 Å². The molecule has 0 aliphatic heterocycles. The first-order valence-corrected chi connectivity index (χ1v) is 5.21. The number of carbonyl (C=O) groups is 1. The standard InChI is InChI=1S/C10H21NO3/c1-3-14-10(13)6-8-11-7-4-5-9(2)12/h9,11-12H,3-8H2,1-2H3. The largest absolute Gasteiger partial charge is 0.466 e. The van der Waals surface area contributed by atoms with Crippen LogP contribution in [0.1, 0.15) is 33.1 Å². The quantitative estimate of drug-likeness (QED) is 0.450. The van der Waals surface area contributed by atoms with Crippen molar-refractivity contribution >= 4 is 5.97 Å². The van der Waals surface area contributed by atoms with E-state index in [1.54, 1.807) is 13.8 Å². The Bertz CT molecular complexity index is 148. The lowest BCUT2D eigenvalue weighted by Crippen LogP contribution is -2.21. The summed E-state index contributed by atoms with van der Waals surface area (Å²) in [6.07, 6.45) is 1.91. The Morgan fingerprint density at radius 1 is 1.50 bits per heavy atom. The van der Waals surface area contributed by atoms with Gasteiger partial charge < -0.3 is 15.2 Å². The third kappa shape index (κ3) is 9.48. The van der Waals surface area contributed by atoms with Crippen LogP contribution in [0.15, 0.2) is 0 Å². The molecule has 0 saturated carbocycles. The third-order valence-corrected chi connectivity index (χ3v) is 1.79. The van der Waals surface area contributed by atoms with E-state index in [4.69, 9.17) is 9.84 Å². The molecular formula is C10H21NO3. The minimum atomic E-state index is -0.234. The molecule has 14 heavy (non-hydrogen) atoms. The van der Waals surface area contributed by atoms with Gasteiger partial charge in [0.1, 0.15) is 0 Å². The summed E-state index contributed by atoms with van der Waals surface area (Å²) in [6, 6.07) is 0. The number of aliphatic hydroxyl groups excluding tert-OH is 1. The first-order valence-electron chi connectivity index (χ1n) is 5.21. The highest BCUT2D eigenvalue weighted by Crippen LogP contribution is 1.93. The fraction of sp³-hybridized carbons (Fsp3) is 0.900. The number of ether oxygens (including phenoxy) is 1. The molecule has 1 unspecified atom stereocenters. The minimum Gasteiger partial charge on any atom is -0.466 e. The summed E-state index contributed by atoms with van der Waals surface area (Å²) in [5.74, 6) is -0.157. The molecule has 0 amide bonds. The molecule has 0 aromatic rings. The fourth-order valence-corrected chi connectivity index (χ4v) is 1.07. The van der Waals surface area contributed by atoms with Gasteiger partial charge in [-0.2, -0.15) is 0 Å². The monoisotopic (exact) mass is 203 g/mol. The molecular weight excluding hydrogens is 182 g/mol. The summed E-state index contributed by atoms with van der Waals surface area (Å²) in [7, 11) is 0. The highest BCUT2D eigenvalue weighted by atomic mass is 16.5. The van der Waals surface area contributed by atoms with Crippen molar-refractivity contribution in [1.29, 1.82) is 0 Å². The topological polar surface area (TPSA) is 58.6 Å². The lowest BCUT2D eigenvalue weighted by Gasteiger charge is -2.05. The van der Waals surface area contributed by atoms with Crippen LogP contribution in [0.2, 0.25) is 0 Å². The maximum absolute atomic E-state index is 10.9. The van der Waals surface area contributed by atoms with Crippen LogP contribution in [0.3, 0.4) is 0 Å². The van der Waals surface area contributed by atoms with Gasteiger partial charge in [0.05, 0.1) is 19.1 Å². The average Bonchev–Trinajstić information content (AvgIpc) is 2.11. The van der Waals surface area contributed by atoms with Crippen molar-refractivity contribution in [3.8, 4) is 0 Å². The van der Waals surface area contributed by atoms with Crippen molar-refractivity contribution in [2.45, 2.75) is 39.2 Å². The first-order chi connectivity index (χ1) is 6.66. The third-order valence-electron chi connectivity index (χ3n) is 1.79. The highest BCUT2D eigenvalue weighted by molar-refractivity contribution is 5.69. The maximum atomic E-state index is 10.9. The van der Waals surface area contributed by atoms with Crippen molar-refractivity contribution in [2.75, 3.05) is 19.7 Å². The number of esters is 1. The van der Waals surface area contributed by atoms with Gasteiger partial charge in [-0.15, -0.1) is 0 Å². The maximum Gasteiger partial charge on any atom is 0.307 e. The van der Waals surface area contributed by atoms with Crippen LogP contribution in [0.25, 0.3) is 0 Å². The summed E-state index contributed by atoms with van der Waals surface area (Å²) < 4.78 is 4.77. The molecule has 0 fully saturated rings. The molecule has 0 saturated heterocycles. The summed E-state index contributed by atoms with van der Waals surface area (Å²) in [5.41, 5.74) is 0. The van der Waals surface area contributed by atoms with E-state index in [9.17, 15) is 4.79 Å². The van der Waals surface area contributed by atoms with Crippen LogP contribution in [0, 0.1) is 0 Å². The van der Waals surface area contributed by atoms with E-state index >= 15 is 0 Å². The highest BCUT2D eigenvalue weighted by Gasteiger charge is 2.00. The van der Waals surface area contributed by atoms with Crippen LogP contribution < -0.4 is 5.32 Å². The minimum absolute atomic E-state index is 0.157. The SMILES string of the molecule is CCOC(=O)CCNCCCC(C)O. The molecule has 0 aromatic heterocycles. The van der Waals surface area contributed by atoms with E-state index in [0.29, 0.717) is 19.6 Å². The summed E-state index contributed by atoms with van der Waals surface area (Å²) >= 11 is 0. The fourth-order valence-electron chi connectivity index (χ4n) is 1.07. The molecule has 2 N–H and O–H groups in total. The van der Waals surface area contributed by atoms with Gasteiger partial charge in [0.2, 0.25) is 0 Å². The summed E-state index contributed by atoms with van der Waals surface area (Å²) in [5, 5.41) is 12.1. The van der Waals surface area contributed by atoms with Gasteiger partial charge in [-0.25, -0.2) is 0 Å². The van der Waals surface area contributed by atoms with Crippen LogP contribution in [-0.4, -0.2) is 36.9 Å². The van der Waals surface area contributed by atoms with Crippen molar-refractivity contribution in [3.05, 3.63) is 0 Å². The van der Waals surface area contributed by atoms with E-state index in [-0.39, 0.29) is 12.1 Å². The van der Waals surface area contributed by atoms with Gasteiger partial charge >= 0.3 is 5.97 Å². The number of carbonyl (C=O) groups excluding carboxylic acids is 1. The molecule has 0 heterocycles. The Balaban J connectivity index is 3.09. The number of hydrogen-bond acceptors (Lipinski definition) is 4. The predicted octanol–water partition coefficient (Wildman–Crippen LogP) is 0.690. The molecule has 0 aliphatic carbocycles. The molecule has 0 rings (SSSR count). The van der Waals surface area contributed by atoms with Gasteiger partial charge in [-0.05, 0) is 33.2 Å². The van der Waals surface area contributed by atoms with Crippen molar-refractivity contribution < 1.29 is 14.6 Å². The van der Waals surface area contributed by atoms with E-state index in [1.807, 2.05) is 0 Å². The van der Waals surface area contributed by atoms with Gasteiger partial charge in [0.25, 0.3) is 0 Å². The Hall–Kier alpha value is -0.610. The zero-order valence-corrected chi connectivity index (χ0v) is 9.08. The lowest BCUT2D eigenvalue weighted by atomic mass is 10.2. The second-order valence-electron chi connectivity index (χ2n) is 3.30. The first kappa shape index (κ1) is 13.4. The van der Waals surface area contributed by atoms with Crippen LogP contribution in [-0.2, 0) is 9.53 Å². The zero-order chi connectivity index (χ0) is 10.8. The Morgan fingerprint density at radius 2 is 2.21 bits per heavy atom. The smallest absolute Gasteiger partial charge is 0.307 e. The molecule has 0 aromatic carbocycles. The Morgan fingerprint density at radius 3 is 2.79 bits per heavy atom. The number of nitrogens with one attached hydrogen (secondary N) is 1. The molecule has 0 aliphatic rings. The van der Waals surface area contributed by atoms with Crippen molar-refractivity contribution in [3.63, 3.8) is 0 Å². The van der Waals surface area contributed by atoms with E-state index in [0.717, 1.165) is 19.4 Å². The number of aliphatic hydroxyl groups is 1. The Labute approximate surface area is 85.6 Å². The normalized spacial score (nSPS) is 12.5. The van der Waals surface area contributed by atoms with E-state index in [1.165, 1.54) is 0 Å². The van der Waals surface area contributed by atoms with Gasteiger partial charge in [0.15, 0.2) is 0 Å². The number of hydrogen-bond donors (Lipinski definition) is 2. The molecule has 84 valence electrons. The van der Waals surface area contributed by atoms with Crippen molar-refractivity contribution in [2.24, 2.45) is 0 Å². The molecule has 0 spiro atoms. The van der Waals surface area contributed by atoms with Crippen molar-refractivity contribution in [1.82, 2.24) is 5.32 Å². The van der Waals surface area contributed by atoms with Gasteiger partial charge in [-0.3, -0.25) is 4.79 Å². The summed E-state index contributed by atoms with van der Waals surface area (Å²) in [4.78, 5) is 10.9. The molecule has 4 nitrogen and oxygen atoms in total. The zero-order valence-electron chi connectivity index (χ0n) is 9.08. The van der Waals surface area contributed by atoms with Gasteiger partial charge in [0, 0.05) is 6.54 Å². The molecule has 0 radical (unpaired) electrons. The number of rotatable bonds is 8. The average molecular weight is 203 g/mol. The predicted molar refractivity (Wildman–Crippen MR) is 55.0 cm³/mol. The van der Waals surface area contributed by atoms with E-state index in [2.05, 4.69) is 5.32 Å². The summed E-state index contributed by atoms with van der Waals surface area (Å²) in [6.45, 7) is 5.51. The molecule has 0 bridgehead atoms. The van der Waals surface area contributed by atoms with Crippen LogP contribution >= 0.6 is 0 Å². The lowest BCUT2D eigenvalue weighted by molar-refractivity contribution is -0.142. The molecule has 4 heteroatoms. The van der Waals surface area contributed by atoms with Crippen LogP contribution in [0.5, 0.6) is 0 Å². The Kier molecular flexibility index (Phi) is 8.57. The molecule has 1 atom stereocenters. The second-order valence-corrected chi connectivity index (χ2v) is 3.30. The van der Waals surface area contributed by atoms with E-state index < -0.39 is 0 Å². The second kappa shape index (κ2) is 8.97. The van der Waals surface area contributed by atoms with Crippen LogP contribution in [0.4, 0.5) is 0 Å².